The number of hydrogen-bond acceptors (Lipinski definition) is 2. The van der Waals surface area contributed by atoms with Gasteiger partial charge < -0.3 is 0 Å². The summed E-state index contributed by atoms with van der Waals surface area (Å²) in [6.45, 7) is 16.3. The summed E-state index contributed by atoms with van der Waals surface area (Å²) in [5.41, 5.74) is 5.56. The highest BCUT2D eigenvalue weighted by Crippen LogP contribution is 2.42. The second-order valence-electron chi connectivity index (χ2n) is 8.49. The average Bonchev–Trinajstić information content (AvgIpc) is 3.26. The predicted molar refractivity (Wildman–Crippen MR) is 102 cm³/mol. The molecule has 1 saturated carbocycles. The van der Waals surface area contributed by atoms with E-state index in [-0.39, 0.29) is 5.41 Å². The third-order valence-corrected chi connectivity index (χ3v) is 4.13. The first-order valence-corrected chi connectivity index (χ1v) is 8.89. The van der Waals surface area contributed by atoms with Crippen LogP contribution < -0.4 is 0 Å². The van der Waals surface area contributed by atoms with Crippen LogP contribution in [0.15, 0.2) is 28.2 Å². The molecule has 1 fully saturated rings. The van der Waals surface area contributed by atoms with Crippen molar-refractivity contribution in [2.45, 2.75) is 59.8 Å². The van der Waals surface area contributed by atoms with Crippen LogP contribution in [-0.4, -0.2) is 25.5 Å². The van der Waals surface area contributed by atoms with Crippen LogP contribution in [0.2, 0.25) is 0 Å². The Morgan fingerprint density at radius 3 is 2.48 bits per heavy atom. The van der Waals surface area contributed by atoms with Gasteiger partial charge in [-0.15, -0.1) is 0 Å². The van der Waals surface area contributed by atoms with E-state index in [4.69, 9.17) is 4.99 Å². The van der Waals surface area contributed by atoms with Gasteiger partial charge in [0.2, 0.25) is 0 Å². The van der Waals surface area contributed by atoms with Crippen molar-refractivity contribution in [1.29, 1.82) is 0 Å². The van der Waals surface area contributed by atoms with Gasteiger partial charge in [-0.2, -0.15) is 0 Å². The smallest absolute Gasteiger partial charge is 0.0806 e. The van der Waals surface area contributed by atoms with Crippen LogP contribution >= 0.6 is 0 Å². The lowest BCUT2D eigenvalue weighted by Gasteiger charge is -2.17. The molecule has 2 rings (SSSR count). The first-order valence-electron chi connectivity index (χ1n) is 8.89. The van der Waals surface area contributed by atoms with Crippen LogP contribution in [0.1, 0.15) is 70.1 Å². The SMILES string of the molecule is C=NC/C(=N\CC(C)(C)C)c1ccc(C2CC2)c(CC(C)C)c1. The normalized spacial score (nSPS) is 16.0. The van der Waals surface area contributed by atoms with Crippen LogP contribution in [0.25, 0.3) is 0 Å². The molecule has 2 nitrogen and oxygen atoms in total. The Kier molecular flexibility index (Phi) is 5.78. The van der Waals surface area contributed by atoms with Crippen LogP contribution in [-0.2, 0) is 6.42 Å². The Hall–Kier alpha value is -1.44. The summed E-state index contributed by atoms with van der Waals surface area (Å²) >= 11 is 0. The van der Waals surface area contributed by atoms with E-state index in [0.29, 0.717) is 12.5 Å². The van der Waals surface area contributed by atoms with Crippen molar-refractivity contribution in [1.82, 2.24) is 0 Å². The molecule has 0 aromatic heterocycles. The Balaban J connectivity index is 2.33. The van der Waals surface area contributed by atoms with Gasteiger partial charge in [-0.25, -0.2) is 0 Å². The lowest BCUT2D eigenvalue weighted by atomic mass is 9.92. The minimum Gasteiger partial charge on any atom is -0.295 e. The summed E-state index contributed by atoms with van der Waals surface area (Å²) < 4.78 is 0. The lowest BCUT2D eigenvalue weighted by Crippen LogP contribution is -2.14. The van der Waals surface area contributed by atoms with Crippen molar-refractivity contribution >= 4 is 12.4 Å². The molecule has 2 heteroatoms. The van der Waals surface area contributed by atoms with E-state index in [1.807, 2.05) is 0 Å². The van der Waals surface area contributed by atoms with Gasteiger partial charge in [-0.1, -0.05) is 46.8 Å². The minimum absolute atomic E-state index is 0.196. The molecule has 0 unspecified atom stereocenters. The Labute approximate surface area is 142 Å². The summed E-state index contributed by atoms with van der Waals surface area (Å²) in [5.74, 6) is 1.47. The van der Waals surface area contributed by atoms with Gasteiger partial charge in [0.1, 0.15) is 0 Å². The molecular formula is C21H32N2. The maximum atomic E-state index is 4.85. The van der Waals surface area contributed by atoms with Crippen molar-refractivity contribution in [2.24, 2.45) is 21.3 Å². The zero-order valence-electron chi connectivity index (χ0n) is 15.5. The minimum atomic E-state index is 0.196. The number of nitrogens with zero attached hydrogens (tertiary/aromatic N) is 2. The average molecular weight is 313 g/mol. The van der Waals surface area contributed by atoms with Crippen LogP contribution in [0, 0.1) is 11.3 Å². The van der Waals surface area contributed by atoms with E-state index < -0.39 is 0 Å². The molecule has 0 aliphatic heterocycles. The lowest BCUT2D eigenvalue weighted by molar-refractivity contribution is 0.429. The molecule has 0 saturated heterocycles. The molecular weight excluding hydrogens is 280 g/mol. The molecule has 0 amide bonds. The van der Waals surface area contributed by atoms with Crippen LogP contribution in [0.3, 0.4) is 0 Å². The standard InChI is InChI=1S/C21H32N2/c1-15(2)11-18-12-17(9-10-19(18)16-7-8-16)20(13-22-6)23-14-21(3,4)5/h9-10,12,15-16H,6-8,11,13-14H2,1-5H3/b23-20+. The molecule has 23 heavy (non-hydrogen) atoms. The molecule has 1 aromatic carbocycles. The molecule has 1 aliphatic rings. The molecule has 0 N–H and O–H groups in total. The van der Waals surface area contributed by atoms with Gasteiger partial charge >= 0.3 is 0 Å². The number of benzene rings is 1. The van der Waals surface area contributed by atoms with Crippen molar-refractivity contribution in [3.8, 4) is 0 Å². The molecule has 1 aliphatic carbocycles. The van der Waals surface area contributed by atoms with Crippen LogP contribution in [0.5, 0.6) is 0 Å². The van der Waals surface area contributed by atoms with E-state index in [1.165, 1.54) is 24.0 Å². The highest BCUT2D eigenvalue weighted by molar-refractivity contribution is 6.02. The molecule has 1 aromatic rings. The van der Waals surface area contributed by atoms with Crippen LogP contribution in [0.4, 0.5) is 0 Å². The van der Waals surface area contributed by atoms with Crippen molar-refractivity contribution in [2.75, 3.05) is 13.1 Å². The van der Waals surface area contributed by atoms with E-state index in [9.17, 15) is 0 Å². The largest absolute Gasteiger partial charge is 0.295 e. The maximum absolute atomic E-state index is 4.85. The summed E-state index contributed by atoms with van der Waals surface area (Å²) in [7, 11) is 0. The molecule has 0 heterocycles. The topological polar surface area (TPSA) is 24.7 Å². The second kappa shape index (κ2) is 7.42. The van der Waals surface area contributed by atoms with E-state index >= 15 is 0 Å². The first-order chi connectivity index (χ1) is 10.8. The summed E-state index contributed by atoms with van der Waals surface area (Å²) in [6, 6.07) is 6.94. The summed E-state index contributed by atoms with van der Waals surface area (Å²) in [4.78, 5) is 8.94. The number of rotatable bonds is 7. The quantitative estimate of drug-likeness (QED) is 0.610. The van der Waals surface area contributed by atoms with Gasteiger partial charge in [0.25, 0.3) is 0 Å². The highest BCUT2D eigenvalue weighted by Gasteiger charge is 2.26. The maximum Gasteiger partial charge on any atom is 0.0806 e. The fourth-order valence-electron chi connectivity index (χ4n) is 2.87. The van der Waals surface area contributed by atoms with Gasteiger partial charge in [-0.3, -0.25) is 9.98 Å². The van der Waals surface area contributed by atoms with Gasteiger partial charge in [0.15, 0.2) is 0 Å². The Bertz CT molecular complexity index is 572. The number of hydrogen-bond donors (Lipinski definition) is 0. The monoisotopic (exact) mass is 312 g/mol. The predicted octanol–water partition coefficient (Wildman–Crippen LogP) is 5.30. The van der Waals surface area contributed by atoms with E-state index in [1.54, 1.807) is 5.56 Å². The molecule has 0 spiro atoms. The second-order valence-corrected chi connectivity index (χ2v) is 8.49. The number of aliphatic imine (C=N–C) groups is 2. The van der Waals surface area contributed by atoms with Gasteiger partial charge in [-0.05, 0) is 66.0 Å². The van der Waals surface area contributed by atoms with Crippen molar-refractivity contribution in [3.63, 3.8) is 0 Å². The highest BCUT2D eigenvalue weighted by atomic mass is 14.8. The molecule has 126 valence electrons. The molecule has 0 radical (unpaired) electrons. The fourth-order valence-corrected chi connectivity index (χ4v) is 2.87. The van der Waals surface area contributed by atoms with E-state index in [0.717, 1.165) is 24.6 Å². The van der Waals surface area contributed by atoms with Gasteiger partial charge in [0.05, 0.1) is 12.3 Å². The summed E-state index contributed by atoms with van der Waals surface area (Å²) in [6.07, 6.45) is 3.85. The van der Waals surface area contributed by atoms with Crippen molar-refractivity contribution < 1.29 is 0 Å². The van der Waals surface area contributed by atoms with Crippen molar-refractivity contribution in [3.05, 3.63) is 34.9 Å². The Morgan fingerprint density at radius 2 is 1.96 bits per heavy atom. The molecule has 0 bridgehead atoms. The fraction of sp³-hybridized carbons (Fsp3) is 0.619. The first kappa shape index (κ1) is 17.9. The van der Waals surface area contributed by atoms with E-state index in [2.05, 4.69) is 64.5 Å². The third-order valence-electron chi connectivity index (χ3n) is 4.13. The summed E-state index contributed by atoms with van der Waals surface area (Å²) in [5, 5.41) is 0. The zero-order chi connectivity index (χ0) is 17.0. The zero-order valence-corrected chi connectivity index (χ0v) is 15.5. The Morgan fingerprint density at radius 1 is 1.26 bits per heavy atom. The third kappa shape index (κ3) is 5.60. The van der Waals surface area contributed by atoms with Gasteiger partial charge in [0, 0.05) is 6.54 Å². The molecule has 0 atom stereocenters.